The van der Waals surface area contributed by atoms with Gasteiger partial charge < -0.3 is 14.5 Å². The van der Waals surface area contributed by atoms with E-state index in [1.165, 1.54) is 4.88 Å². The summed E-state index contributed by atoms with van der Waals surface area (Å²) in [7, 11) is 0. The Morgan fingerprint density at radius 1 is 1.11 bits per heavy atom. The van der Waals surface area contributed by atoms with Gasteiger partial charge in [0, 0.05) is 29.4 Å². The number of nitrogens with zero attached hydrogens (tertiary/aromatic N) is 3. The number of carbonyl (C=O) groups is 1. The second-order valence-electron chi connectivity index (χ2n) is 7.01. The third kappa shape index (κ3) is 3.47. The molecule has 4 aromatic rings. The molecule has 3 heterocycles. The summed E-state index contributed by atoms with van der Waals surface area (Å²) in [6.07, 6.45) is 0. The molecule has 0 bridgehead atoms. The lowest BCUT2D eigenvalue weighted by molar-refractivity contribution is 0.0951. The van der Waals surface area contributed by atoms with Crippen LogP contribution in [0.3, 0.4) is 0 Å². The summed E-state index contributed by atoms with van der Waals surface area (Å²) in [4.78, 5) is 18.6. The molecule has 5 nitrogen and oxygen atoms in total. The number of thiophene rings is 1. The van der Waals surface area contributed by atoms with E-state index in [0.29, 0.717) is 13.1 Å². The Bertz CT molecular complexity index is 1120. The Morgan fingerprint density at radius 2 is 1.93 bits per heavy atom. The molecule has 144 valence electrons. The molecule has 6 heteroatoms. The number of imidazole rings is 1. The second kappa shape index (κ2) is 7.64. The lowest BCUT2D eigenvalue weighted by Gasteiger charge is -2.10. The van der Waals surface area contributed by atoms with Gasteiger partial charge in [0.2, 0.25) is 0 Å². The van der Waals surface area contributed by atoms with E-state index >= 15 is 0 Å². The van der Waals surface area contributed by atoms with Crippen LogP contribution in [-0.2, 0) is 13.1 Å². The number of para-hydroxylation sites is 2. The molecule has 0 atom stereocenters. The summed E-state index contributed by atoms with van der Waals surface area (Å²) in [5.41, 5.74) is 4.95. The maximum atomic E-state index is 12.8. The van der Waals surface area contributed by atoms with Crippen LogP contribution in [0.2, 0.25) is 0 Å². The van der Waals surface area contributed by atoms with Crippen molar-refractivity contribution in [3.63, 3.8) is 0 Å². The number of aryl methyl sites for hydroxylation is 2. The molecule has 1 N–H and O–H groups in total. The van der Waals surface area contributed by atoms with Crippen molar-refractivity contribution in [1.29, 1.82) is 0 Å². The van der Waals surface area contributed by atoms with E-state index in [4.69, 9.17) is 0 Å². The Balaban J connectivity index is 1.45. The molecule has 0 aliphatic rings. The number of nitrogens with one attached hydrogen (secondary N) is 1. The molecule has 0 aliphatic heterocycles. The third-order valence-corrected chi connectivity index (χ3v) is 6.04. The highest BCUT2D eigenvalue weighted by molar-refractivity contribution is 7.09. The van der Waals surface area contributed by atoms with E-state index in [2.05, 4.69) is 49.9 Å². The smallest absolute Gasteiger partial charge is 0.253 e. The quantitative estimate of drug-likeness (QED) is 0.532. The summed E-state index contributed by atoms with van der Waals surface area (Å²) >= 11 is 1.74. The Morgan fingerprint density at radius 3 is 2.71 bits per heavy atom. The molecule has 1 aromatic carbocycles. The molecule has 4 rings (SSSR count). The Hall–Kier alpha value is -2.86. The summed E-state index contributed by atoms with van der Waals surface area (Å²) in [6, 6.07) is 14.3. The number of fused-ring (bicyclic) bond motifs is 1. The van der Waals surface area contributed by atoms with Gasteiger partial charge in [-0.05, 0) is 50.4 Å². The molecule has 3 aromatic heterocycles. The van der Waals surface area contributed by atoms with Gasteiger partial charge in [-0.15, -0.1) is 11.3 Å². The number of aromatic nitrogens is 3. The molecule has 0 aliphatic carbocycles. The second-order valence-corrected chi connectivity index (χ2v) is 8.04. The van der Waals surface area contributed by atoms with Crippen LogP contribution in [0.5, 0.6) is 0 Å². The lowest BCUT2D eigenvalue weighted by Crippen LogP contribution is -2.27. The SMILES string of the molecule is Cc1cc(C(=O)NCCn2c(C)nc3ccccc32)c(C)n1Cc1cccs1. The highest BCUT2D eigenvalue weighted by Crippen LogP contribution is 2.19. The first-order chi connectivity index (χ1) is 13.5. The van der Waals surface area contributed by atoms with Gasteiger partial charge in [-0.3, -0.25) is 4.79 Å². The Labute approximate surface area is 168 Å². The van der Waals surface area contributed by atoms with Crippen LogP contribution < -0.4 is 5.32 Å². The highest BCUT2D eigenvalue weighted by atomic mass is 32.1. The third-order valence-electron chi connectivity index (χ3n) is 5.18. The molecular formula is C22H24N4OS. The van der Waals surface area contributed by atoms with Gasteiger partial charge in [0.15, 0.2) is 0 Å². The van der Waals surface area contributed by atoms with Crippen molar-refractivity contribution < 1.29 is 4.79 Å². The molecule has 1 amide bonds. The first-order valence-corrected chi connectivity index (χ1v) is 10.3. The average Bonchev–Trinajstić information content (AvgIpc) is 3.37. The van der Waals surface area contributed by atoms with Gasteiger partial charge in [0.05, 0.1) is 23.1 Å². The topological polar surface area (TPSA) is 51.9 Å². The van der Waals surface area contributed by atoms with Crippen molar-refractivity contribution in [2.75, 3.05) is 6.54 Å². The number of carbonyl (C=O) groups excluding carboxylic acids is 1. The van der Waals surface area contributed by atoms with Gasteiger partial charge in [-0.1, -0.05) is 18.2 Å². The maximum Gasteiger partial charge on any atom is 0.253 e. The van der Waals surface area contributed by atoms with Crippen molar-refractivity contribution in [2.24, 2.45) is 0 Å². The molecule has 0 fully saturated rings. The summed E-state index contributed by atoms with van der Waals surface area (Å²) in [6.45, 7) is 8.14. The fraction of sp³-hybridized carbons (Fsp3) is 0.273. The number of rotatable bonds is 6. The molecule has 0 spiro atoms. The molecular weight excluding hydrogens is 368 g/mol. The van der Waals surface area contributed by atoms with E-state index in [0.717, 1.165) is 40.4 Å². The highest BCUT2D eigenvalue weighted by Gasteiger charge is 2.16. The van der Waals surface area contributed by atoms with Crippen LogP contribution in [0, 0.1) is 20.8 Å². The van der Waals surface area contributed by atoms with Gasteiger partial charge in [-0.2, -0.15) is 0 Å². The standard InChI is InChI=1S/C22H24N4OS/c1-15-13-19(16(2)26(15)14-18-7-6-12-28-18)22(27)23-10-11-25-17(3)24-20-8-4-5-9-21(20)25/h4-9,12-13H,10-11,14H2,1-3H3,(H,23,27). The van der Waals surface area contributed by atoms with E-state index in [-0.39, 0.29) is 5.91 Å². The fourth-order valence-corrected chi connectivity index (χ4v) is 4.38. The van der Waals surface area contributed by atoms with Crippen molar-refractivity contribution in [2.45, 2.75) is 33.9 Å². The minimum Gasteiger partial charge on any atom is -0.350 e. The van der Waals surface area contributed by atoms with E-state index in [1.807, 2.05) is 38.1 Å². The number of benzene rings is 1. The zero-order chi connectivity index (χ0) is 19.7. The largest absolute Gasteiger partial charge is 0.350 e. The van der Waals surface area contributed by atoms with Crippen LogP contribution in [-0.4, -0.2) is 26.6 Å². The molecule has 0 unspecified atom stereocenters. The minimum atomic E-state index is -0.0207. The zero-order valence-electron chi connectivity index (χ0n) is 16.4. The number of hydrogen-bond donors (Lipinski definition) is 1. The van der Waals surface area contributed by atoms with Crippen molar-refractivity contribution in [1.82, 2.24) is 19.4 Å². The number of hydrogen-bond acceptors (Lipinski definition) is 3. The monoisotopic (exact) mass is 392 g/mol. The average molecular weight is 393 g/mol. The van der Waals surface area contributed by atoms with E-state index in [9.17, 15) is 4.79 Å². The van der Waals surface area contributed by atoms with Crippen molar-refractivity contribution in [3.05, 3.63) is 75.5 Å². The lowest BCUT2D eigenvalue weighted by atomic mass is 10.2. The van der Waals surface area contributed by atoms with E-state index in [1.54, 1.807) is 11.3 Å². The van der Waals surface area contributed by atoms with Crippen molar-refractivity contribution >= 4 is 28.3 Å². The fourth-order valence-electron chi connectivity index (χ4n) is 3.69. The van der Waals surface area contributed by atoms with E-state index < -0.39 is 0 Å². The van der Waals surface area contributed by atoms with Gasteiger partial charge in [-0.25, -0.2) is 4.98 Å². The zero-order valence-corrected chi connectivity index (χ0v) is 17.2. The predicted molar refractivity (Wildman–Crippen MR) is 114 cm³/mol. The van der Waals surface area contributed by atoms with Crippen LogP contribution in [0.1, 0.15) is 32.4 Å². The molecule has 0 radical (unpaired) electrons. The van der Waals surface area contributed by atoms with Crippen LogP contribution in [0.4, 0.5) is 0 Å². The van der Waals surface area contributed by atoms with Gasteiger partial charge in [0.1, 0.15) is 5.82 Å². The van der Waals surface area contributed by atoms with Gasteiger partial charge in [0.25, 0.3) is 5.91 Å². The number of amides is 1. The molecule has 28 heavy (non-hydrogen) atoms. The van der Waals surface area contributed by atoms with Crippen molar-refractivity contribution in [3.8, 4) is 0 Å². The first kappa shape index (κ1) is 18.5. The normalized spacial score (nSPS) is 11.2. The Kier molecular flexibility index (Phi) is 5.05. The maximum absolute atomic E-state index is 12.8. The summed E-state index contributed by atoms with van der Waals surface area (Å²) < 4.78 is 4.35. The first-order valence-electron chi connectivity index (χ1n) is 9.44. The molecule has 0 saturated heterocycles. The predicted octanol–water partition coefficient (Wildman–Crippen LogP) is 4.30. The van der Waals surface area contributed by atoms with Crippen LogP contribution in [0.15, 0.2) is 47.8 Å². The van der Waals surface area contributed by atoms with Crippen LogP contribution >= 0.6 is 11.3 Å². The van der Waals surface area contributed by atoms with Gasteiger partial charge >= 0.3 is 0 Å². The summed E-state index contributed by atoms with van der Waals surface area (Å²) in [5, 5.41) is 5.15. The minimum absolute atomic E-state index is 0.0207. The summed E-state index contributed by atoms with van der Waals surface area (Å²) in [5.74, 6) is 0.942. The molecule has 0 saturated carbocycles. The van der Waals surface area contributed by atoms with Crippen LogP contribution in [0.25, 0.3) is 11.0 Å².